The molecule has 0 aromatic heterocycles. The quantitative estimate of drug-likeness (QED) is 0.665. The molecule has 7 heteroatoms. The van der Waals surface area contributed by atoms with Crippen molar-refractivity contribution in [3.8, 4) is 17.2 Å². The van der Waals surface area contributed by atoms with Gasteiger partial charge in [-0.15, -0.1) is 23.5 Å². The van der Waals surface area contributed by atoms with Gasteiger partial charge in [0, 0.05) is 18.1 Å². The van der Waals surface area contributed by atoms with Gasteiger partial charge >= 0.3 is 0 Å². The second-order valence-electron chi connectivity index (χ2n) is 6.18. The van der Waals surface area contributed by atoms with Gasteiger partial charge in [-0.3, -0.25) is 4.79 Å². The van der Waals surface area contributed by atoms with Gasteiger partial charge in [-0.05, 0) is 35.7 Å². The Hall–Kier alpha value is -1.99. The van der Waals surface area contributed by atoms with Crippen LogP contribution in [0.2, 0.25) is 0 Å². The fourth-order valence-corrected chi connectivity index (χ4v) is 5.78. The van der Waals surface area contributed by atoms with Gasteiger partial charge in [-0.25, -0.2) is 0 Å². The molecular weight excluding hydrogens is 394 g/mol. The van der Waals surface area contributed by atoms with Crippen molar-refractivity contribution in [1.82, 2.24) is 5.32 Å². The van der Waals surface area contributed by atoms with E-state index in [0.29, 0.717) is 29.0 Å². The predicted octanol–water partition coefficient (Wildman–Crippen LogP) is 3.92. The van der Waals surface area contributed by atoms with Crippen LogP contribution in [0, 0.1) is 0 Å². The fourth-order valence-electron chi connectivity index (χ4n) is 2.94. The molecule has 1 aliphatic heterocycles. The van der Waals surface area contributed by atoms with E-state index in [9.17, 15) is 4.79 Å². The monoisotopic (exact) mass is 419 g/mol. The summed E-state index contributed by atoms with van der Waals surface area (Å²) in [5.74, 6) is 4.25. The summed E-state index contributed by atoms with van der Waals surface area (Å²) in [5.41, 5.74) is 2.28. The van der Waals surface area contributed by atoms with E-state index in [2.05, 4.69) is 5.32 Å². The van der Waals surface area contributed by atoms with Crippen LogP contribution in [0.4, 0.5) is 0 Å². The number of carbonyl (C=O) groups excluding carboxylic acids is 1. The average molecular weight is 420 g/mol. The number of para-hydroxylation sites is 1. The predicted molar refractivity (Wildman–Crippen MR) is 116 cm³/mol. The number of methoxy groups -OCH3 is 2. The molecule has 0 unspecified atom stereocenters. The summed E-state index contributed by atoms with van der Waals surface area (Å²) in [5, 5.41) is 2.88. The molecule has 0 atom stereocenters. The smallest absolute Gasteiger partial charge is 0.257 e. The fraction of sp³-hybridized carbons (Fsp3) is 0.381. The number of carbonyl (C=O) groups is 1. The van der Waals surface area contributed by atoms with E-state index in [1.165, 1.54) is 17.1 Å². The molecule has 1 N–H and O–H groups in total. The van der Waals surface area contributed by atoms with E-state index in [1.807, 2.05) is 66.0 Å². The number of hydrogen-bond acceptors (Lipinski definition) is 6. The van der Waals surface area contributed by atoms with Gasteiger partial charge in [-0.2, -0.15) is 0 Å². The van der Waals surface area contributed by atoms with Crippen molar-refractivity contribution in [2.75, 3.05) is 38.9 Å². The van der Waals surface area contributed by atoms with Crippen LogP contribution >= 0.6 is 23.5 Å². The summed E-state index contributed by atoms with van der Waals surface area (Å²) < 4.78 is 16.9. The van der Waals surface area contributed by atoms with Crippen molar-refractivity contribution >= 4 is 29.4 Å². The molecule has 0 spiro atoms. The minimum atomic E-state index is -0.164. The van der Waals surface area contributed by atoms with Crippen molar-refractivity contribution in [1.29, 1.82) is 0 Å². The molecule has 3 rings (SSSR count). The molecule has 1 heterocycles. The van der Waals surface area contributed by atoms with Gasteiger partial charge in [0.1, 0.15) is 5.75 Å². The highest BCUT2D eigenvalue weighted by Crippen LogP contribution is 2.46. The van der Waals surface area contributed by atoms with Crippen LogP contribution in [-0.4, -0.2) is 44.8 Å². The Labute approximate surface area is 174 Å². The average Bonchev–Trinajstić information content (AvgIpc) is 3.27. The van der Waals surface area contributed by atoms with E-state index in [4.69, 9.17) is 14.2 Å². The van der Waals surface area contributed by atoms with Gasteiger partial charge in [-0.1, -0.05) is 24.3 Å². The molecule has 1 fully saturated rings. The second-order valence-corrected chi connectivity index (χ2v) is 8.91. The van der Waals surface area contributed by atoms with E-state index in [0.717, 1.165) is 11.3 Å². The molecule has 1 aliphatic rings. The van der Waals surface area contributed by atoms with E-state index in [-0.39, 0.29) is 12.5 Å². The zero-order valence-corrected chi connectivity index (χ0v) is 17.7. The van der Waals surface area contributed by atoms with Gasteiger partial charge < -0.3 is 19.5 Å². The number of ether oxygens (including phenoxy) is 3. The van der Waals surface area contributed by atoms with E-state index >= 15 is 0 Å². The summed E-state index contributed by atoms with van der Waals surface area (Å²) in [6.07, 6.45) is 0.699. The zero-order chi connectivity index (χ0) is 19.8. The third-order valence-corrected chi connectivity index (χ3v) is 7.45. The number of rotatable bonds is 9. The van der Waals surface area contributed by atoms with Crippen molar-refractivity contribution in [2.45, 2.75) is 11.0 Å². The molecule has 0 aliphatic carbocycles. The molecule has 0 radical (unpaired) electrons. The van der Waals surface area contributed by atoms with Gasteiger partial charge in [0.15, 0.2) is 18.1 Å². The molecule has 5 nitrogen and oxygen atoms in total. The Kier molecular flexibility index (Phi) is 7.80. The molecule has 28 heavy (non-hydrogen) atoms. The number of nitrogens with one attached hydrogen (secondary N) is 1. The van der Waals surface area contributed by atoms with Crippen molar-refractivity contribution in [3.63, 3.8) is 0 Å². The summed E-state index contributed by atoms with van der Waals surface area (Å²) in [6.45, 7) is 0.476. The molecule has 150 valence electrons. The Bertz CT molecular complexity index is 794. The lowest BCUT2D eigenvalue weighted by atomic mass is 10.1. The highest BCUT2D eigenvalue weighted by molar-refractivity contribution is 8.19. The lowest BCUT2D eigenvalue weighted by Gasteiger charge is -2.14. The first kappa shape index (κ1) is 20.7. The highest BCUT2D eigenvalue weighted by atomic mass is 32.2. The SMILES string of the molecule is COc1ccccc1CCNC(=O)COc1ccc(C2SCCS2)cc1OC. The summed E-state index contributed by atoms with van der Waals surface area (Å²) in [7, 11) is 3.27. The Morgan fingerprint density at radius 2 is 1.79 bits per heavy atom. The molecular formula is C21H25NO4S2. The Balaban J connectivity index is 1.48. The molecule has 1 amide bonds. The van der Waals surface area contributed by atoms with Crippen LogP contribution in [0.15, 0.2) is 42.5 Å². The van der Waals surface area contributed by atoms with Crippen molar-refractivity contribution in [2.24, 2.45) is 0 Å². The summed E-state index contributed by atoms with van der Waals surface area (Å²) in [6, 6.07) is 13.7. The molecule has 0 saturated carbocycles. The molecule has 1 saturated heterocycles. The number of amides is 1. The van der Waals surface area contributed by atoms with Crippen LogP contribution in [0.5, 0.6) is 17.2 Å². The van der Waals surface area contributed by atoms with Crippen LogP contribution in [0.25, 0.3) is 0 Å². The summed E-state index contributed by atoms with van der Waals surface area (Å²) in [4.78, 5) is 12.1. The molecule has 2 aromatic rings. The van der Waals surface area contributed by atoms with Gasteiger partial charge in [0.05, 0.1) is 18.8 Å². The zero-order valence-electron chi connectivity index (χ0n) is 16.1. The first-order valence-corrected chi connectivity index (χ1v) is 11.2. The van der Waals surface area contributed by atoms with Crippen LogP contribution < -0.4 is 19.5 Å². The molecule has 0 bridgehead atoms. The minimum Gasteiger partial charge on any atom is -0.496 e. The third-order valence-electron chi connectivity index (χ3n) is 4.35. The van der Waals surface area contributed by atoms with E-state index < -0.39 is 0 Å². The van der Waals surface area contributed by atoms with E-state index in [1.54, 1.807) is 14.2 Å². The maximum absolute atomic E-state index is 12.1. The van der Waals surface area contributed by atoms with Crippen molar-refractivity contribution in [3.05, 3.63) is 53.6 Å². The third kappa shape index (κ3) is 5.52. The Morgan fingerprint density at radius 3 is 2.54 bits per heavy atom. The first-order chi connectivity index (χ1) is 13.7. The molecule has 2 aromatic carbocycles. The van der Waals surface area contributed by atoms with Crippen LogP contribution in [0.1, 0.15) is 15.7 Å². The topological polar surface area (TPSA) is 56.8 Å². The Morgan fingerprint density at radius 1 is 1.04 bits per heavy atom. The van der Waals surface area contributed by atoms with Crippen molar-refractivity contribution < 1.29 is 19.0 Å². The van der Waals surface area contributed by atoms with Crippen LogP contribution in [0.3, 0.4) is 0 Å². The standard InChI is InChI=1S/C21H25NO4S2/c1-24-17-6-4-3-5-15(17)9-10-22-20(23)14-26-18-8-7-16(13-19(18)25-2)21-27-11-12-28-21/h3-8,13,21H,9-12,14H2,1-2H3,(H,22,23). The first-order valence-electron chi connectivity index (χ1n) is 9.14. The van der Waals surface area contributed by atoms with Crippen LogP contribution in [-0.2, 0) is 11.2 Å². The lowest BCUT2D eigenvalue weighted by Crippen LogP contribution is -2.30. The number of benzene rings is 2. The second kappa shape index (κ2) is 10.5. The largest absolute Gasteiger partial charge is 0.496 e. The maximum Gasteiger partial charge on any atom is 0.257 e. The normalized spacial score (nSPS) is 13.9. The van der Waals surface area contributed by atoms with Gasteiger partial charge in [0.2, 0.25) is 0 Å². The summed E-state index contributed by atoms with van der Waals surface area (Å²) >= 11 is 3.88. The highest BCUT2D eigenvalue weighted by Gasteiger charge is 2.20. The van der Waals surface area contributed by atoms with Gasteiger partial charge in [0.25, 0.3) is 5.91 Å². The minimum absolute atomic E-state index is 0.0471. The maximum atomic E-state index is 12.1. The number of thioether (sulfide) groups is 2. The number of hydrogen-bond donors (Lipinski definition) is 1. The lowest BCUT2D eigenvalue weighted by molar-refractivity contribution is -0.123.